The maximum atomic E-state index is 11.6. The van der Waals surface area contributed by atoms with Crippen LogP contribution in [0.2, 0.25) is 12.1 Å². The standard InChI is InChI=1S/C6H9ClF6Si/c7-14(3-1-5(8,9)10)4-2-6(11,12)13/h14H,1-4H2. The van der Waals surface area contributed by atoms with Gasteiger partial charge >= 0.3 is 12.4 Å². The minimum absolute atomic E-state index is 0.332. The van der Waals surface area contributed by atoms with Gasteiger partial charge in [-0.1, -0.05) is 0 Å². The molecule has 0 aliphatic rings. The van der Waals surface area contributed by atoms with E-state index < -0.39 is 33.3 Å². The number of alkyl halides is 6. The Morgan fingerprint density at radius 3 is 1.29 bits per heavy atom. The summed E-state index contributed by atoms with van der Waals surface area (Å²) in [6, 6.07) is -0.664. The summed E-state index contributed by atoms with van der Waals surface area (Å²) in [5.74, 6) is 0. The molecule has 0 atom stereocenters. The van der Waals surface area contributed by atoms with Crippen LogP contribution in [0.4, 0.5) is 26.3 Å². The predicted octanol–water partition coefficient (Wildman–Crippen LogP) is 3.85. The van der Waals surface area contributed by atoms with Crippen LogP contribution in [0.15, 0.2) is 0 Å². The molecule has 0 N–H and O–H groups in total. The second-order valence-electron chi connectivity index (χ2n) is 2.90. The van der Waals surface area contributed by atoms with Crippen LogP contribution in [-0.4, -0.2) is 20.5 Å². The van der Waals surface area contributed by atoms with Gasteiger partial charge in [0.15, 0.2) is 0 Å². The fraction of sp³-hybridized carbons (Fsp3) is 1.00. The lowest BCUT2D eigenvalue weighted by atomic mass is 10.5. The fourth-order valence-corrected chi connectivity index (χ4v) is 3.01. The van der Waals surface area contributed by atoms with E-state index in [1.165, 1.54) is 0 Å². The Bertz CT molecular complexity index is 147. The first kappa shape index (κ1) is 14.1. The zero-order chi connectivity index (χ0) is 11.4. The zero-order valence-electron chi connectivity index (χ0n) is 7.05. The van der Waals surface area contributed by atoms with E-state index in [1.54, 1.807) is 0 Å². The lowest BCUT2D eigenvalue weighted by Crippen LogP contribution is -2.16. The molecule has 0 aromatic heterocycles. The summed E-state index contributed by atoms with van der Waals surface area (Å²) in [5, 5.41) is 0. The summed E-state index contributed by atoms with van der Waals surface area (Å²) < 4.78 is 69.8. The van der Waals surface area contributed by atoms with Crippen LogP contribution in [0.3, 0.4) is 0 Å². The lowest BCUT2D eigenvalue weighted by Gasteiger charge is -2.11. The van der Waals surface area contributed by atoms with Gasteiger partial charge in [0.25, 0.3) is 0 Å². The summed E-state index contributed by atoms with van der Waals surface area (Å²) in [6.07, 6.45) is -10.8. The van der Waals surface area contributed by atoms with Crippen molar-refractivity contribution in [3.63, 3.8) is 0 Å². The third-order valence-electron chi connectivity index (χ3n) is 1.48. The Morgan fingerprint density at radius 2 is 1.07 bits per heavy atom. The molecule has 0 saturated heterocycles. The van der Waals surface area contributed by atoms with Gasteiger partial charge in [0.2, 0.25) is 0 Å². The van der Waals surface area contributed by atoms with Gasteiger partial charge in [-0.25, -0.2) is 0 Å². The number of rotatable bonds is 4. The Labute approximate surface area is 83.5 Å². The molecule has 0 aliphatic carbocycles. The average Bonchev–Trinajstić information content (AvgIpc) is 1.94. The second-order valence-corrected chi connectivity index (χ2v) is 7.11. The summed E-state index contributed by atoms with van der Waals surface area (Å²) in [5.41, 5.74) is 0. The first-order valence-electron chi connectivity index (χ1n) is 3.88. The lowest BCUT2D eigenvalue weighted by molar-refractivity contribution is -0.131. The van der Waals surface area contributed by atoms with Crippen molar-refractivity contribution in [2.45, 2.75) is 37.3 Å². The van der Waals surface area contributed by atoms with Crippen molar-refractivity contribution in [2.24, 2.45) is 0 Å². The fourth-order valence-electron chi connectivity index (χ4n) is 0.785. The summed E-state index contributed by atoms with van der Waals surface area (Å²) in [4.78, 5) is 0. The molecule has 14 heavy (non-hydrogen) atoms. The van der Waals surface area contributed by atoms with Crippen LogP contribution in [0.5, 0.6) is 0 Å². The van der Waals surface area contributed by atoms with Crippen molar-refractivity contribution in [3.05, 3.63) is 0 Å². The normalized spacial score (nSPS) is 13.7. The van der Waals surface area contributed by atoms with E-state index in [2.05, 4.69) is 0 Å². The third-order valence-corrected chi connectivity index (χ3v) is 4.62. The van der Waals surface area contributed by atoms with Gasteiger partial charge in [-0.3, -0.25) is 0 Å². The molecule has 0 heterocycles. The molecule has 0 aliphatic heterocycles. The highest BCUT2D eigenvalue weighted by Gasteiger charge is 2.31. The quantitative estimate of drug-likeness (QED) is 0.408. The summed E-state index contributed by atoms with van der Waals surface area (Å²) in [7, 11) is -2.37. The molecule has 0 rings (SSSR count). The van der Waals surface area contributed by atoms with Crippen molar-refractivity contribution in [2.75, 3.05) is 0 Å². The minimum Gasteiger partial charge on any atom is -0.172 e. The van der Waals surface area contributed by atoms with Crippen molar-refractivity contribution in [3.8, 4) is 0 Å². The van der Waals surface area contributed by atoms with E-state index in [0.29, 0.717) is 0 Å². The number of hydrogen-bond acceptors (Lipinski definition) is 0. The largest absolute Gasteiger partial charge is 0.388 e. The zero-order valence-corrected chi connectivity index (χ0v) is 8.96. The van der Waals surface area contributed by atoms with Gasteiger partial charge in [-0.05, 0) is 12.1 Å². The molecule has 0 amide bonds. The molecule has 0 bridgehead atoms. The topological polar surface area (TPSA) is 0 Å². The van der Waals surface area contributed by atoms with E-state index in [4.69, 9.17) is 11.1 Å². The second kappa shape index (κ2) is 5.25. The van der Waals surface area contributed by atoms with E-state index in [0.717, 1.165) is 0 Å². The molecule has 0 radical (unpaired) electrons. The number of hydrogen-bond donors (Lipinski definition) is 0. The molecular weight excluding hydrogens is 250 g/mol. The van der Waals surface area contributed by atoms with Crippen LogP contribution in [0.25, 0.3) is 0 Å². The Balaban J connectivity index is 3.62. The van der Waals surface area contributed by atoms with E-state index in [-0.39, 0.29) is 12.1 Å². The number of halogens is 7. The Kier molecular flexibility index (Phi) is 5.28. The molecule has 0 spiro atoms. The van der Waals surface area contributed by atoms with Crippen LogP contribution in [0, 0.1) is 0 Å². The van der Waals surface area contributed by atoms with Gasteiger partial charge in [0, 0.05) is 12.8 Å². The van der Waals surface area contributed by atoms with Gasteiger partial charge < -0.3 is 0 Å². The van der Waals surface area contributed by atoms with Crippen LogP contribution in [-0.2, 0) is 0 Å². The molecule has 0 fully saturated rings. The average molecular weight is 259 g/mol. The Morgan fingerprint density at radius 1 is 0.786 bits per heavy atom. The van der Waals surface area contributed by atoms with Gasteiger partial charge in [-0.15, -0.1) is 0 Å². The van der Waals surface area contributed by atoms with Gasteiger partial charge in [0.05, 0.1) is 0 Å². The SMILES string of the molecule is FC(F)(F)CC[SiH](Cl)CCC(F)(F)F. The first-order chi connectivity index (χ1) is 6.10. The van der Waals surface area contributed by atoms with Crippen LogP contribution in [0.1, 0.15) is 12.8 Å². The highest BCUT2D eigenvalue weighted by Crippen LogP contribution is 2.28. The minimum atomic E-state index is -4.32. The molecule has 0 saturated carbocycles. The molecule has 0 unspecified atom stereocenters. The molecule has 0 aromatic carbocycles. The summed E-state index contributed by atoms with van der Waals surface area (Å²) in [6.45, 7) is 0. The van der Waals surface area contributed by atoms with Crippen molar-refractivity contribution in [1.29, 1.82) is 0 Å². The highest BCUT2D eigenvalue weighted by molar-refractivity contribution is 7.06. The molecule has 0 nitrogen and oxygen atoms in total. The molecule has 0 aromatic rings. The van der Waals surface area contributed by atoms with E-state index in [9.17, 15) is 26.3 Å². The van der Waals surface area contributed by atoms with Crippen molar-refractivity contribution < 1.29 is 26.3 Å². The van der Waals surface area contributed by atoms with E-state index in [1.807, 2.05) is 0 Å². The van der Waals surface area contributed by atoms with Crippen molar-refractivity contribution >= 4 is 19.2 Å². The van der Waals surface area contributed by atoms with Gasteiger partial charge in [0.1, 0.15) is 8.11 Å². The Hall–Kier alpha value is 0.0869. The van der Waals surface area contributed by atoms with Crippen molar-refractivity contribution in [1.82, 2.24) is 0 Å². The third kappa shape index (κ3) is 10.2. The highest BCUT2D eigenvalue weighted by atomic mass is 35.6. The maximum Gasteiger partial charge on any atom is 0.388 e. The summed E-state index contributed by atoms with van der Waals surface area (Å²) >= 11 is 5.43. The first-order valence-corrected chi connectivity index (χ1v) is 7.25. The smallest absolute Gasteiger partial charge is 0.172 e. The van der Waals surface area contributed by atoms with E-state index >= 15 is 0 Å². The monoisotopic (exact) mass is 258 g/mol. The predicted molar refractivity (Wildman–Crippen MR) is 44.0 cm³/mol. The van der Waals surface area contributed by atoms with Gasteiger partial charge in [-0.2, -0.15) is 37.4 Å². The molecular formula is C6H9ClF6Si. The molecule has 86 valence electrons. The maximum absolute atomic E-state index is 11.6. The molecule has 8 heteroatoms. The van der Waals surface area contributed by atoms with Crippen LogP contribution < -0.4 is 0 Å². The van der Waals surface area contributed by atoms with Crippen LogP contribution >= 0.6 is 11.1 Å².